The number of aliphatic hydroxyl groups excluding tert-OH is 1. The number of anilines is 1. The third kappa shape index (κ3) is 6.55. The lowest BCUT2D eigenvalue weighted by atomic mass is 10.3. The summed E-state index contributed by atoms with van der Waals surface area (Å²) in [6.07, 6.45) is -7.57. The minimum atomic E-state index is -4.85. The number of rotatable bonds is 7. The van der Waals surface area contributed by atoms with Gasteiger partial charge in [-0.25, -0.2) is 13.1 Å². The largest absolute Gasteiger partial charge is 0.415 e. The summed E-state index contributed by atoms with van der Waals surface area (Å²) < 4.78 is 60.8. The molecule has 0 spiro atoms. The van der Waals surface area contributed by atoms with Crippen LogP contribution in [0.25, 0.3) is 0 Å². The molecule has 0 heterocycles. The Kier molecular flexibility index (Phi) is 6.32. The van der Waals surface area contributed by atoms with E-state index in [0.29, 0.717) is 10.6 Å². The van der Waals surface area contributed by atoms with E-state index in [2.05, 4.69) is 0 Å². The molecule has 1 aromatic rings. The molecule has 5 nitrogen and oxygen atoms in total. The zero-order chi connectivity index (χ0) is 16.1. The fraction of sp³-hybridized carbons (Fsp3) is 0.455. The van der Waals surface area contributed by atoms with E-state index in [1.54, 1.807) is 29.0 Å². The van der Waals surface area contributed by atoms with E-state index in [4.69, 9.17) is 10.8 Å². The molecule has 0 fully saturated rings. The normalized spacial score (nSPS) is 14.1. The minimum Gasteiger partial charge on any atom is -0.398 e. The molecule has 0 aliphatic heterocycles. The topological polar surface area (TPSA) is 92.4 Å². The maximum absolute atomic E-state index is 12.0. The fourth-order valence-corrected chi connectivity index (χ4v) is 3.66. The van der Waals surface area contributed by atoms with E-state index in [0.717, 1.165) is 0 Å². The van der Waals surface area contributed by atoms with E-state index in [1.807, 2.05) is 0 Å². The van der Waals surface area contributed by atoms with Crippen LogP contribution in [-0.2, 0) is 10.0 Å². The number of thioether (sulfide) groups is 1. The third-order valence-corrected chi connectivity index (χ3v) is 5.10. The van der Waals surface area contributed by atoms with E-state index in [1.165, 1.54) is 11.8 Å². The van der Waals surface area contributed by atoms with E-state index in [9.17, 15) is 21.6 Å². The smallest absolute Gasteiger partial charge is 0.398 e. The van der Waals surface area contributed by atoms with Gasteiger partial charge in [0.15, 0.2) is 6.10 Å². The van der Waals surface area contributed by atoms with E-state index < -0.39 is 28.8 Å². The zero-order valence-electron chi connectivity index (χ0n) is 10.8. The molecule has 0 saturated carbocycles. The molecule has 10 heteroatoms. The van der Waals surface area contributed by atoms with Gasteiger partial charge in [0, 0.05) is 22.9 Å². The van der Waals surface area contributed by atoms with Crippen LogP contribution in [-0.4, -0.2) is 43.9 Å². The Labute approximate surface area is 124 Å². The molecule has 0 aliphatic rings. The average molecular weight is 344 g/mol. The number of benzene rings is 1. The van der Waals surface area contributed by atoms with Crippen LogP contribution in [0.5, 0.6) is 0 Å². The number of nitrogens with two attached hydrogens (primary N) is 1. The quantitative estimate of drug-likeness (QED) is 0.511. The van der Waals surface area contributed by atoms with Crippen molar-refractivity contribution in [2.45, 2.75) is 17.2 Å². The Morgan fingerprint density at radius 2 is 1.95 bits per heavy atom. The summed E-state index contributed by atoms with van der Waals surface area (Å²) in [5.74, 6) is -0.248. The lowest BCUT2D eigenvalue weighted by Gasteiger charge is -2.15. The lowest BCUT2D eigenvalue weighted by molar-refractivity contribution is -0.200. The van der Waals surface area contributed by atoms with Crippen molar-refractivity contribution in [3.63, 3.8) is 0 Å². The summed E-state index contributed by atoms with van der Waals surface area (Å²) in [6.45, 7) is -1.09. The number of nitrogens with one attached hydrogen (secondary N) is 1. The van der Waals surface area contributed by atoms with Gasteiger partial charge in [0.2, 0.25) is 10.0 Å². The molecule has 4 N–H and O–H groups in total. The summed E-state index contributed by atoms with van der Waals surface area (Å²) >= 11 is 1.18. The SMILES string of the molecule is Nc1ccccc1SCCS(=O)(=O)NCC(O)C(F)(F)F. The van der Waals surface area contributed by atoms with Crippen LogP contribution in [0, 0.1) is 0 Å². The average Bonchev–Trinajstić information content (AvgIpc) is 2.37. The number of aliphatic hydroxyl groups is 1. The van der Waals surface area contributed by atoms with Crippen molar-refractivity contribution in [3.05, 3.63) is 24.3 Å². The van der Waals surface area contributed by atoms with Gasteiger partial charge in [-0.15, -0.1) is 11.8 Å². The molecule has 1 aromatic carbocycles. The van der Waals surface area contributed by atoms with Gasteiger partial charge in [0.1, 0.15) is 0 Å². The molecule has 0 radical (unpaired) electrons. The van der Waals surface area contributed by atoms with Crippen LogP contribution in [0.1, 0.15) is 0 Å². The molecule has 0 amide bonds. The van der Waals surface area contributed by atoms with Crippen molar-refractivity contribution in [2.24, 2.45) is 0 Å². The summed E-state index contributed by atoms with van der Waals surface area (Å²) in [7, 11) is -3.89. The van der Waals surface area contributed by atoms with E-state index >= 15 is 0 Å². The molecule has 0 aliphatic carbocycles. The van der Waals surface area contributed by atoms with Gasteiger partial charge in [0.25, 0.3) is 0 Å². The van der Waals surface area contributed by atoms with Crippen LogP contribution in [0.3, 0.4) is 0 Å². The number of halogens is 3. The van der Waals surface area contributed by atoms with Gasteiger partial charge in [-0.1, -0.05) is 12.1 Å². The highest BCUT2D eigenvalue weighted by molar-refractivity contribution is 8.00. The van der Waals surface area contributed by atoms with Crippen molar-refractivity contribution < 1.29 is 26.7 Å². The summed E-state index contributed by atoms with van der Waals surface area (Å²) in [6, 6.07) is 6.85. The number of hydrogen-bond acceptors (Lipinski definition) is 5. The Hall–Kier alpha value is -0.970. The second-order valence-corrected chi connectivity index (χ2v) is 7.17. The predicted molar refractivity (Wildman–Crippen MR) is 75.4 cm³/mol. The summed E-state index contributed by atoms with van der Waals surface area (Å²) in [5, 5.41) is 8.72. The molecule has 21 heavy (non-hydrogen) atoms. The first-order valence-electron chi connectivity index (χ1n) is 5.81. The minimum absolute atomic E-state index is 0.131. The molecule has 1 atom stereocenters. The highest BCUT2D eigenvalue weighted by Gasteiger charge is 2.38. The van der Waals surface area contributed by atoms with Crippen LogP contribution in [0.15, 0.2) is 29.2 Å². The first-order chi connectivity index (χ1) is 9.62. The van der Waals surface area contributed by atoms with Crippen molar-refractivity contribution in [1.29, 1.82) is 0 Å². The van der Waals surface area contributed by atoms with Crippen LogP contribution >= 0.6 is 11.8 Å². The number of sulfonamides is 1. The maximum Gasteiger partial charge on any atom is 0.415 e. The Morgan fingerprint density at radius 3 is 2.52 bits per heavy atom. The highest BCUT2D eigenvalue weighted by atomic mass is 32.2. The van der Waals surface area contributed by atoms with Crippen molar-refractivity contribution in [2.75, 3.05) is 23.8 Å². The lowest BCUT2D eigenvalue weighted by Crippen LogP contribution is -2.41. The van der Waals surface area contributed by atoms with Gasteiger partial charge in [-0.2, -0.15) is 13.2 Å². The van der Waals surface area contributed by atoms with E-state index in [-0.39, 0.29) is 11.5 Å². The van der Waals surface area contributed by atoms with Crippen LogP contribution in [0.4, 0.5) is 18.9 Å². The standard InChI is InChI=1S/C11H15F3N2O3S2/c12-11(13,14)10(17)7-16-21(18,19)6-5-20-9-4-2-1-3-8(9)15/h1-4,10,16-17H,5-7,15H2. The molecule has 0 aromatic heterocycles. The molecule has 0 saturated heterocycles. The van der Waals surface area contributed by atoms with Gasteiger partial charge < -0.3 is 10.8 Å². The molecular weight excluding hydrogens is 329 g/mol. The maximum atomic E-state index is 12.0. The second kappa shape index (κ2) is 7.34. The van der Waals surface area contributed by atoms with Crippen molar-refractivity contribution >= 4 is 27.5 Å². The molecular formula is C11H15F3N2O3S2. The number of nitrogen functional groups attached to an aromatic ring is 1. The van der Waals surface area contributed by atoms with Crippen LogP contribution in [0.2, 0.25) is 0 Å². The van der Waals surface area contributed by atoms with Gasteiger partial charge in [0.05, 0.1) is 5.75 Å². The zero-order valence-corrected chi connectivity index (χ0v) is 12.4. The molecule has 1 unspecified atom stereocenters. The van der Waals surface area contributed by atoms with Gasteiger partial charge in [-0.3, -0.25) is 0 Å². The number of alkyl halides is 3. The van der Waals surface area contributed by atoms with Crippen molar-refractivity contribution in [1.82, 2.24) is 4.72 Å². The number of hydrogen-bond donors (Lipinski definition) is 3. The van der Waals surface area contributed by atoms with Crippen LogP contribution < -0.4 is 10.5 Å². The Bertz CT molecular complexity index is 564. The van der Waals surface area contributed by atoms with Gasteiger partial charge in [-0.05, 0) is 12.1 Å². The highest BCUT2D eigenvalue weighted by Crippen LogP contribution is 2.24. The fourth-order valence-electron chi connectivity index (χ4n) is 1.27. The van der Waals surface area contributed by atoms with Gasteiger partial charge >= 0.3 is 6.18 Å². The number of para-hydroxylation sites is 1. The molecule has 0 bridgehead atoms. The summed E-state index contributed by atoms with van der Waals surface area (Å²) in [4.78, 5) is 0.697. The third-order valence-electron chi connectivity index (χ3n) is 2.40. The monoisotopic (exact) mass is 344 g/mol. The first kappa shape index (κ1) is 18.1. The first-order valence-corrected chi connectivity index (χ1v) is 8.45. The Balaban J connectivity index is 2.42. The van der Waals surface area contributed by atoms with Crippen molar-refractivity contribution in [3.8, 4) is 0 Å². The predicted octanol–water partition coefficient (Wildman–Crippen LogP) is 1.20. The second-order valence-electron chi connectivity index (χ2n) is 4.11. The Morgan fingerprint density at radius 1 is 1.33 bits per heavy atom. The molecule has 1 rings (SSSR count). The summed E-state index contributed by atoms with van der Waals surface area (Å²) in [5.41, 5.74) is 6.17. The molecule has 120 valence electrons.